The van der Waals surface area contributed by atoms with Crippen LogP contribution in [-0.2, 0) is 52.4 Å². The van der Waals surface area contributed by atoms with Crippen LogP contribution in [0, 0.1) is 34.0 Å². The highest BCUT2D eigenvalue weighted by Crippen LogP contribution is 2.59. The highest BCUT2D eigenvalue weighted by molar-refractivity contribution is 5.84. The van der Waals surface area contributed by atoms with Gasteiger partial charge in [-0.3, -0.25) is 24.0 Å². The van der Waals surface area contributed by atoms with Crippen molar-refractivity contribution in [2.45, 2.75) is 169 Å². The molecule has 0 radical (unpaired) electrons. The van der Waals surface area contributed by atoms with Gasteiger partial charge in [-0.2, -0.15) is 0 Å². The van der Waals surface area contributed by atoms with E-state index >= 15 is 0 Å². The molecule has 7 rings (SSSR count). The summed E-state index contributed by atoms with van der Waals surface area (Å²) in [5, 5.41) is 10.6. The predicted octanol–water partition coefficient (Wildman–Crippen LogP) is 5.67. The predicted molar refractivity (Wildman–Crippen MR) is 190 cm³/mol. The number of carbonyl (C=O) groups is 5. The van der Waals surface area contributed by atoms with Crippen LogP contribution in [-0.4, -0.2) is 90.2 Å². The summed E-state index contributed by atoms with van der Waals surface area (Å²) in [7, 11) is 0. The van der Waals surface area contributed by atoms with Gasteiger partial charge in [0.05, 0.1) is 33.9 Å². The van der Waals surface area contributed by atoms with Crippen molar-refractivity contribution in [3.63, 3.8) is 0 Å². The molecule has 52 heavy (non-hydrogen) atoms. The monoisotopic (exact) mass is 736 g/mol. The summed E-state index contributed by atoms with van der Waals surface area (Å²) in [4.78, 5) is 58.6. The van der Waals surface area contributed by atoms with Crippen molar-refractivity contribution in [2.24, 2.45) is 34.0 Å². The number of aliphatic hydroxyl groups is 1. The third kappa shape index (κ3) is 9.38. The molecule has 3 saturated heterocycles. The lowest BCUT2D eigenvalue weighted by molar-refractivity contribution is -0.225. The van der Waals surface area contributed by atoms with Crippen LogP contribution in [0.15, 0.2) is 0 Å². The van der Waals surface area contributed by atoms with Crippen LogP contribution in [0.1, 0.15) is 133 Å². The van der Waals surface area contributed by atoms with Gasteiger partial charge < -0.3 is 33.5 Å². The SMILES string of the molecule is CCC(C)(C)C(=O)OC12CC3CC(CC(O)(C3)C1)C2.CCC(C)(C)C(=O)OC1C2CC3C(=O)OC1C3O2.CCOCC(=O)COC(=O)C(C)(C)CC. The Kier molecular flexibility index (Phi) is 13.0. The minimum atomic E-state index is -0.555. The summed E-state index contributed by atoms with van der Waals surface area (Å²) in [5.74, 6) is -0.110. The maximum atomic E-state index is 12.4. The van der Waals surface area contributed by atoms with Crippen LogP contribution in [0.2, 0.25) is 0 Å². The standard InChI is InChI=1S/C16H26O3.C13H18O5.C11H20O4/c1-4-14(2,3)13(17)19-16-8-11-5-12(9-16)7-15(18,6-11)10-16;1-4-13(2,3)12(15)18-9-7-5-6-8(16-7)10(9)17-11(6)14;1-5-11(3,4)10(13)15-8-9(12)7-14-6-2/h11-12,18H,4-10H2,1-3H3;6-10H,4-5H2,1-3H3;5-8H2,1-4H3. The van der Waals surface area contributed by atoms with E-state index in [-0.39, 0.29) is 66.6 Å². The van der Waals surface area contributed by atoms with Gasteiger partial charge in [-0.05, 0) is 118 Å². The molecule has 7 fully saturated rings. The van der Waals surface area contributed by atoms with Gasteiger partial charge in [-0.1, -0.05) is 20.8 Å². The molecule has 12 heteroatoms. The Morgan fingerprint density at radius 3 is 1.87 bits per heavy atom. The van der Waals surface area contributed by atoms with E-state index in [0.717, 1.165) is 32.1 Å². The van der Waals surface area contributed by atoms with Gasteiger partial charge in [0, 0.05) is 13.0 Å². The van der Waals surface area contributed by atoms with Crippen LogP contribution in [0.5, 0.6) is 0 Å². The number of carbonyl (C=O) groups excluding carboxylic acids is 5. The fourth-order valence-corrected chi connectivity index (χ4v) is 8.28. The van der Waals surface area contributed by atoms with E-state index in [0.29, 0.717) is 44.1 Å². The van der Waals surface area contributed by atoms with Crippen LogP contribution < -0.4 is 0 Å². The molecule has 6 bridgehead atoms. The smallest absolute Gasteiger partial charge is 0.312 e. The molecular weight excluding hydrogens is 672 g/mol. The van der Waals surface area contributed by atoms with Crippen LogP contribution in [0.3, 0.4) is 0 Å². The number of hydrogen-bond acceptors (Lipinski definition) is 12. The molecule has 0 aromatic carbocycles. The van der Waals surface area contributed by atoms with E-state index in [1.165, 1.54) is 6.42 Å². The summed E-state index contributed by atoms with van der Waals surface area (Å²) in [6.07, 6.45) is 7.27. The lowest BCUT2D eigenvalue weighted by Gasteiger charge is -2.59. The lowest BCUT2D eigenvalue weighted by Crippen LogP contribution is -2.61. The average Bonchev–Trinajstić information content (AvgIpc) is 3.71. The van der Waals surface area contributed by atoms with Crippen molar-refractivity contribution in [1.29, 1.82) is 0 Å². The summed E-state index contributed by atoms with van der Waals surface area (Å²) in [6, 6.07) is 0. The van der Waals surface area contributed by atoms with Crippen LogP contribution >= 0.6 is 0 Å². The van der Waals surface area contributed by atoms with E-state index in [4.69, 9.17) is 28.4 Å². The first kappa shape index (κ1) is 42.2. The van der Waals surface area contributed by atoms with Crippen molar-refractivity contribution in [3.05, 3.63) is 0 Å². The number of Topliss-reactive ketones (excluding diaryl/α,β-unsaturated/α-hetero) is 1. The zero-order valence-corrected chi connectivity index (χ0v) is 33.2. The highest BCUT2D eigenvalue weighted by Gasteiger charge is 2.65. The number of fused-ring (bicyclic) bond motifs is 1. The molecule has 0 aromatic heterocycles. The second-order valence-corrected chi connectivity index (χ2v) is 18.0. The van der Waals surface area contributed by atoms with Crippen molar-refractivity contribution in [2.75, 3.05) is 19.8 Å². The summed E-state index contributed by atoms with van der Waals surface area (Å²) >= 11 is 0. The van der Waals surface area contributed by atoms with Gasteiger partial charge in [0.15, 0.2) is 24.6 Å². The topological polar surface area (TPSA) is 161 Å². The first-order chi connectivity index (χ1) is 24.1. The van der Waals surface area contributed by atoms with Gasteiger partial charge in [-0.25, -0.2) is 0 Å². The molecule has 1 N–H and O–H groups in total. The number of ketones is 1. The molecule has 7 unspecified atom stereocenters. The maximum Gasteiger partial charge on any atom is 0.312 e. The van der Waals surface area contributed by atoms with Crippen molar-refractivity contribution < 1.29 is 57.5 Å². The first-order valence-electron chi connectivity index (χ1n) is 19.4. The van der Waals surface area contributed by atoms with Gasteiger partial charge in [0.2, 0.25) is 0 Å². The van der Waals surface area contributed by atoms with E-state index in [1.807, 2.05) is 48.5 Å². The second-order valence-electron chi connectivity index (χ2n) is 18.0. The second kappa shape index (κ2) is 16.0. The molecule has 4 aliphatic carbocycles. The summed E-state index contributed by atoms with van der Waals surface area (Å²) in [5.41, 5.74) is -2.36. The van der Waals surface area contributed by atoms with Gasteiger partial charge >= 0.3 is 23.9 Å². The third-order valence-corrected chi connectivity index (χ3v) is 12.5. The molecule has 12 nitrogen and oxygen atoms in total. The summed E-state index contributed by atoms with van der Waals surface area (Å²) < 4.78 is 32.2. The quantitative estimate of drug-likeness (QED) is 0.183. The third-order valence-electron chi connectivity index (χ3n) is 12.5. The van der Waals surface area contributed by atoms with E-state index in [1.54, 1.807) is 20.8 Å². The Labute approximate surface area is 309 Å². The van der Waals surface area contributed by atoms with Gasteiger partial charge in [0.1, 0.15) is 18.3 Å². The lowest BCUT2D eigenvalue weighted by atomic mass is 9.52. The summed E-state index contributed by atoms with van der Waals surface area (Å²) in [6.45, 7) is 19.2. The number of esters is 4. The number of hydrogen-bond donors (Lipinski definition) is 1. The Morgan fingerprint density at radius 1 is 0.769 bits per heavy atom. The van der Waals surface area contributed by atoms with Gasteiger partial charge in [-0.15, -0.1) is 0 Å². The minimum Gasteiger partial charge on any atom is -0.459 e. The molecule has 4 saturated carbocycles. The number of rotatable bonds is 13. The number of ether oxygens (including phenoxy) is 6. The Morgan fingerprint density at radius 2 is 1.33 bits per heavy atom. The molecule has 7 aliphatic rings. The van der Waals surface area contributed by atoms with Crippen LogP contribution in [0.25, 0.3) is 0 Å². The largest absolute Gasteiger partial charge is 0.459 e. The molecule has 3 aliphatic heterocycles. The first-order valence-corrected chi connectivity index (χ1v) is 19.4. The van der Waals surface area contributed by atoms with Gasteiger partial charge in [0.25, 0.3) is 0 Å². The Hall–Kier alpha value is -2.57. The zero-order valence-electron chi connectivity index (χ0n) is 33.2. The molecule has 0 aromatic rings. The Balaban J connectivity index is 0.000000176. The van der Waals surface area contributed by atoms with E-state index in [9.17, 15) is 29.1 Å². The highest BCUT2D eigenvalue weighted by atomic mass is 16.7. The average molecular weight is 737 g/mol. The van der Waals surface area contributed by atoms with Crippen molar-refractivity contribution in [3.8, 4) is 0 Å². The van der Waals surface area contributed by atoms with Crippen molar-refractivity contribution in [1.82, 2.24) is 0 Å². The molecule has 0 amide bonds. The molecule has 0 spiro atoms. The fourth-order valence-electron chi connectivity index (χ4n) is 8.28. The maximum absolute atomic E-state index is 12.4. The zero-order chi connectivity index (χ0) is 38.9. The fraction of sp³-hybridized carbons (Fsp3) is 0.875. The normalized spacial score (nSPS) is 33.7. The van der Waals surface area contributed by atoms with Crippen molar-refractivity contribution >= 4 is 29.7 Å². The van der Waals surface area contributed by atoms with E-state index < -0.39 is 34.1 Å². The molecule has 296 valence electrons. The molecular formula is C40H64O12. The minimum absolute atomic E-state index is 0.0103. The van der Waals surface area contributed by atoms with E-state index in [2.05, 4.69) is 0 Å². The molecule has 3 heterocycles. The molecule has 7 atom stereocenters. The van der Waals surface area contributed by atoms with Crippen LogP contribution in [0.4, 0.5) is 0 Å². The Bertz CT molecular complexity index is 1320.